The van der Waals surface area contributed by atoms with E-state index in [2.05, 4.69) is 0 Å². The molecule has 0 bridgehead atoms. The molecule has 1 aliphatic rings. The number of halogens is 1. The molecule has 1 aliphatic heterocycles. The minimum atomic E-state index is -3.54. The molecule has 0 amide bonds. The largest absolute Gasteiger partial charge is 0.370 e. The second-order valence-electron chi connectivity index (χ2n) is 6.14. The van der Waals surface area contributed by atoms with Crippen molar-refractivity contribution in [2.45, 2.75) is 29.7 Å². The molecular formula is C16H18ClNO3S2. The Morgan fingerprint density at radius 1 is 1.30 bits per heavy atom. The van der Waals surface area contributed by atoms with Crippen molar-refractivity contribution >= 4 is 33.0 Å². The molecule has 4 nitrogen and oxygen atoms in total. The van der Waals surface area contributed by atoms with Crippen molar-refractivity contribution < 1.29 is 13.2 Å². The van der Waals surface area contributed by atoms with Crippen molar-refractivity contribution in [3.05, 3.63) is 52.4 Å². The zero-order valence-corrected chi connectivity index (χ0v) is 15.3. The summed E-state index contributed by atoms with van der Waals surface area (Å²) in [7, 11) is -3.54. The smallest absolute Gasteiger partial charge is 0.253 e. The lowest BCUT2D eigenvalue weighted by Crippen LogP contribution is -2.55. The number of sulfonamides is 1. The number of benzene rings is 1. The van der Waals surface area contributed by atoms with Gasteiger partial charge in [0.2, 0.25) is 0 Å². The maximum atomic E-state index is 13.0. The van der Waals surface area contributed by atoms with Crippen LogP contribution in [0.2, 0.25) is 5.02 Å². The fourth-order valence-corrected chi connectivity index (χ4v) is 5.75. The minimum absolute atomic E-state index is 0.271. The van der Waals surface area contributed by atoms with Crippen LogP contribution in [0.25, 0.3) is 0 Å². The van der Waals surface area contributed by atoms with Gasteiger partial charge in [-0.05, 0) is 43.0 Å². The van der Waals surface area contributed by atoms with Gasteiger partial charge in [-0.1, -0.05) is 29.8 Å². The van der Waals surface area contributed by atoms with Crippen LogP contribution >= 0.6 is 22.9 Å². The average Bonchev–Trinajstić information content (AvgIpc) is 3.01. The van der Waals surface area contributed by atoms with Crippen molar-refractivity contribution in [3.63, 3.8) is 0 Å². The van der Waals surface area contributed by atoms with E-state index in [-0.39, 0.29) is 12.6 Å². The zero-order chi connectivity index (χ0) is 16.7. The Morgan fingerprint density at radius 3 is 2.74 bits per heavy atom. The Kier molecular flexibility index (Phi) is 4.55. The highest BCUT2D eigenvalue weighted by Gasteiger charge is 2.43. The summed E-state index contributed by atoms with van der Waals surface area (Å²) in [5.41, 5.74) is 0.289. The van der Waals surface area contributed by atoms with Gasteiger partial charge in [-0.2, -0.15) is 4.31 Å². The van der Waals surface area contributed by atoms with E-state index in [0.717, 1.165) is 5.56 Å². The van der Waals surface area contributed by atoms with E-state index >= 15 is 0 Å². The van der Waals surface area contributed by atoms with Gasteiger partial charge in [0.05, 0.1) is 18.2 Å². The van der Waals surface area contributed by atoms with E-state index in [1.807, 2.05) is 32.0 Å². The van der Waals surface area contributed by atoms with E-state index < -0.39 is 15.6 Å². The molecule has 3 rings (SSSR count). The molecule has 1 aromatic heterocycles. The highest BCUT2D eigenvalue weighted by Crippen LogP contribution is 2.36. The van der Waals surface area contributed by atoms with E-state index in [1.54, 1.807) is 27.9 Å². The summed E-state index contributed by atoms with van der Waals surface area (Å²) in [6, 6.07) is 10.8. The second-order valence-corrected chi connectivity index (χ2v) is 9.61. The number of hydrogen-bond donors (Lipinski definition) is 0. The third-order valence-corrected chi connectivity index (χ3v) is 7.59. The van der Waals surface area contributed by atoms with Gasteiger partial charge >= 0.3 is 0 Å². The van der Waals surface area contributed by atoms with Crippen LogP contribution in [-0.4, -0.2) is 31.4 Å². The van der Waals surface area contributed by atoms with Crippen LogP contribution in [0, 0.1) is 0 Å². The van der Waals surface area contributed by atoms with E-state index in [9.17, 15) is 8.42 Å². The molecule has 0 aliphatic carbocycles. The van der Waals surface area contributed by atoms with Gasteiger partial charge in [-0.15, -0.1) is 11.3 Å². The van der Waals surface area contributed by atoms with Crippen LogP contribution in [0.1, 0.15) is 25.5 Å². The molecule has 1 unspecified atom stereocenters. The Labute approximate surface area is 145 Å². The van der Waals surface area contributed by atoms with Gasteiger partial charge in [0, 0.05) is 11.6 Å². The van der Waals surface area contributed by atoms with Gasteiger partial charge < -0.3 is 4.74 Å². The standard InChI is InChI=1S/C16H18ClNO3S2/c1-16(2)11-21-14(12-5-3-6-13(17)9-12)10-18(16)23(19,20)15-7-4-8-22-15/h3-9,14H,10-11H2,1-2H3. The van der Waals surface area contributed by atoms with E-state index in [0.29, 0.717) is 15.8 Å². The third-order valence-electron chi connectivity index (χ3n) is 3.90. The number of morpholine rings is 1. The molecule has 1 atom stereocenters. The first-order chi connectivity index (χ1) is 10.8. The van der Waals surface area contributed by atoms with E-state index in [1.165, 1.54) is 11.3 Å². The highest BCUT2D eigenvalue weighted by molar-refractivity contribution is 7.91. The van der Waals surface area contributed by atoms with Crippen LogP contribution in [-0.2, 0) is 14.8 Å². The lowest BCUT2D eigenvalue weighted by molar-refractivity contribution is -0.0654. The SMILES string of the molecule is CC1(C)COC(c2cccc(Cl)c2)CN1S(=O)(=O)c1cccs1. The second kappa shape index (κ2) is 6.18. The van der Waals surface area contributed by atoms with Gasteiger partial charge in [0.15, 0.2) is 0 Å². The minimum Gasteiger partial charge on any atom is -0.370 e. The van der Waals surface area contributed by atoms with Crippen molar-refractivity contribution in [2.24, 2.45) is 0 Å². The molecule has 0 saturated carbocycles. The monoisotopic (exact) mass is 371 g/mol. The molecular weight excluding hydrogens is 354 g/mol. The van der Waals surface area contributed by atoms with Gasteiger partial charge in [-0.25, -0.2) is 8.42 Å². The number of nitrogens with zero attached hydrogens (tertiary/aromatic N) is 1. The first-order valence-electron chi connectivity index (χ1n) is 7.24. The van der Waals surface area contributed by atoms with Crippen molar-refractivity contribution in [2.75, 3.05) is 13.2 Å². The Bertz CT molecular complexity index is 787. The summed E-state index contributed by atoms with van der Waals surface area (Å²) >= 11 is 7.27. The molecule has 0 N–H and O–H groups in total. The molecule has 23 heavy (non-hydrogen) atoms. The predicted molar refractivity (Wildman–Crippen MR) is 92.4 cm³/mol. The molecule has 2 heterocycles. The molecule has 1 aromatic carbocycles. The zero-order valence-electron chi connectivity index (χ0n) is 12.9. The molecule has 7 heteroatoms. The molecule has 1 fully saturated rings. The van der Waals surface area contributed by atoms with Gasteiger partial charge in [-0.3, -0.25) is 0 Å². The summed E-state index contributed by atoms with van der Waals surface area (Å²) in [6.45, 7) is 4.36. The lowest BCUT2D eigenvalue weighted by atomic mass is 10.0. The number of ether oxygens (including phenoxy) is 1. The number of thiophene rings is 1. The van der Waals surface area contributed by atoms with Crippen LogP contribution < -0.4 is 0 Å². The molecule has 1 saturated heterocycles. The van der Waals surface area contributed by atoms with Gasteiger partial charge in [0.1, 0.15) is 4.21 Å². The average molecular weight is 372 g/mol. The predicted octanol–water partition coefficient (Wildman–Crippen LogP) is 3.94. The van der Waals surface area contributed by atoms with Crippen LogP contribution in [0.3, 0.4) is 0 Å². The molecule has 0 spiro atoms. The van der Waals surface area contributed by atoms with Crippen molar-refractivity contribution in [1.29, 1.82) is 0 Å². The van der Waals surface area contributed by atoms with Crippen molar-refractivity contribution in [1.82, 2.24) is 4.31 Å². The first kappa shape index (κ1) is 16.9. The van der Waals surface area contributed by atoms with E-state index in [4.69, 9.17) is 16.3 Å². The Hall–Kier alpha value is -0.920. The number of hydrogen-bond acceptors (Lipinski definition) is 4. The maximum Gasteiger partial charge on any atom is 0.253 e. The third kappa shape index (κ3) is 3.32. The van der Waals surface area contributed by atoms with Crippen LogP contribution in [0.4, 0.5) is 0 Å². The molecule has 124 valence electrons. The van der Waals surface area contributed by atoms with Gasteiger partial charge in [0.25, 0.3) is 10.0 Å². The fraction of sp³-hybridized carbons (Fsp3) is 0.375. The molecule has 2 aromatic rings. The molecule has 0 radical (unpaired) electrons. The summed E-state index contributed by atoms with van der Waals surface area (Å²) in [5.74, 6) is 0. The fourth-order valence-electron chi connectivity index (χ4n) is 2.68. The first-order valence-corrected chi connectivity index (χ1v) is 9.94. The maximum absolute atomic E-state index is 13.0. The van der Waals surface area contributed by atoms with Crippen molar-refractivity contribution in [3.8, 4) is 0 Å². The topological polar surface area (TPSA) is 46.6 Å². The van der Waals surface area contributed by atoms with Crippen LogP contribution in [0.5, 0.6) is 0 Å². The quantitative estimate of drug-likeness (QED) is 0.820. The Morgan fingerprint density at radius 2 is 2.09 bits per heavy atom. The summed E-state index contributed by atoms with van der Waals surface area (Å²) < 4.78 is 33.7. The highest BCUT2D eigenvalue weighted by atomic mass is 35.5. The summed E-state index contributed by atoms with van der Waals surface area (Å²) in [4.78, 5) is 0. The summed E-state index contributed by atoms with van der Waals surface area (Å²) in [5, 5.41) is 2.39. The van der Waals surface area contributed by atoms with Crippen LogP contribution in [0.15, 0.2) is 46.0 Å². The summed E-state index contributed by atoms with van der Waals surface area (Å²) in [6.07, 6.45) is -0.323. The number of rotatable bonds is 3. The Balaban J connectivity index is 1.94. The normalized spacial score (nSPS) is 22.1. The lowest BCUT2D eigenvalue weighted by Gasteiger charge is -2.44.